The van der Waals surface area contributed by atoms with Crippen LogP contribution in [0.4, 0.5) is 8.78 Å². The van der Waals surface area contributed by atoms with Crippen LogP contribution in [0.25, 0.3) is 11.3 Å². The molecule has 2 aromatic carbocycles. The van der Waals surface area contributed by atoms with Crippen molar-refractivity contribution < 1.29 is 27.5 Å². The lowest BCUT2D eigenvalue weighted by Crippen LogP contribution is -2.35. The van der Waals surface area contributed by atoms with Crippen molar-refractivity contribution in [1.29, 1.82) is 0 Å². The number of benzene rings is 2. The fourth-order valence-electron chi connectivity index (χ4n) is 2.42. The normalized spacial score (nSPS) is 11.7. The molecule has 3 rings (SSSR count). The summed E-state index contributed by atoms with van der Waals surface area (Å²) in [6, 6.07) is 14.3. The van der Waals surface area contributed by atoms with Gasteiger partial charge in [0, 0.05) is 12.1 Å². The molecule has 0 aliphatic heterocycles. The fraction of sp³-hybridized carbons (Fsp3) is 0.143. The van der Waals surface area contributed by atoms with Crippen molar-refractivity contribution >= 4 is 11.9 Å². The number of hydrogen-bond donors (Lipinski definition) is 1. The third-order valence-corrected chi connectivity index (χ3v) is 3.97. The molecule has 28 heavy (non-hydrogen) atoms. The minimum atomic E-state index is -1.05. The Hall–Kier alpha value is -3.48. The van der Waals surface area contributed by atoms with Crippen molar-refractivity contribution in [3.8, 4) is 11.3 Å². The van der Waals surface area contributed by atoms with Gasteiger partial charge in [0.1, 0.15) is 17.4 Å². The maximum absolute atomic E-state index is 13.0. The van der Waals surface area contributed by atoms with E-state index in [1.54, 1.807) is 18.2 Å². The van der Waals surface area contributed by atoms with Crippen LogP contribution >= 0.6 is 0 Å². The highest BCUT2D eigenvalue weighted by Crippen LogP contribution is 2.23. The van der Waals surface area contributed by atoms with Crippen molar-refractivity contribution in [1.82, 2.24) is 5.32 Å². The molecule has 0 fully saturated rings. The van der Waals surface area contributed by atoms with Gasteiger partial charge in [-0.3, -0.25) is 4.79 Å². The molecule has 0 radical (unpaired) electrons. The van der Waals surface area contributed by atoms with Gasteiger partial charge in [-0.2, -0.15) is 0 Å². The zero-order chi connectivity index (χ0) is 20.1. The van der Waals surface area contributed by atoms with E-state index in [0.717, 1.165) is 0 Å². The van der Waals surface area contributed by atoms with E-state index in [-0.39, 0.29) is 23.9 Å². The predicted octanol–water partition coefficient (Wildman–Crippen LogP) is 4.09. The van der Waals surface area contributed by atoms with Gasteiger partial charge in [0.2, 0.25) is 5.76 Å². The molecule has 0 saturated heterocycles. The average Bonchev–Trinajstić information content (AvgIpc) is 3.18. The van der Waals surface area contributed by atoms with Gasteiger partial charge in [-0.15, -0.1) is 0 Å². The Morgan fingerprint density at radius 2 is 1.57 bits per heavy atom. The Labute approximate surface area is 159 Å². The summed E-state index contributed by atoms with van der Waals surface area (Å²) in [6.45, 7) is 1.61. The van der Waals surface area contributed by atoms with Crippen LogP contribution in [0, 0.1) is 11.6 Å². The zero-order valence-electron chi connectivity index (χ0n) is 14.9. The molecule has 1 aromatic heterocycles. The molecular formula is C21H17F2NO4. The summed E-state index contributed by atoms with van der Waals surface area (Å²) < 4.78 is 36.4. The molecule has 0 unspecified atom stereocenters. The lowest BCUT2D eigenvalue weighted by atomic mass is 10.2. The highest BCUT2D eigenvalue weighted by atomic mass is 19.1. The van der Waals surface area contributed by atoms with Crippen molar-refractivity contribution in [3.05, 3.63) is 83.6 Å². The molecule has 0 aliphatic carbocycles. The number of nitrogens with one attached hydrogen (secondary N) is 1. The molecule has 0 bridgehead atoms. The van der Waals surface area contributed by atoms with Gasteiger partial charge in [0.05, 0.1) is 0 Å². The van der Waals surface area contributed by atoms with E-state index in [9.17, 15) is 18.4 Å². The summed E-state index contributed by atoms with van der Waals surface area (Å²) in [5, 5.41) is 2.61. The van der Waals surface area contributed by atoms with Gasteiger partial charge in [-0.1, -0.05) is 12.1 Å². The molecular weight excluding hydrogens is 368 g/mol. The lowest BCUT2D eigenvalue weighted by Gasteiger charge is -2.12. The van der Waals surface area contributed by atoms with Crippen LogP contribution in [0.15, 0.2) is 65.1 Å². The number of rotatable bonds is 6. The first-order valence-electron chi connectivity index (χ1n) is 8.51. The monoisotopic (exact) mass is 385 g/mol. The molecule has 5 nitrogen and oxygen atoms in total. The number of carbonyl (C=O) groups is 2. The topological polar surface area (TPSA) is 68.5 Å². The molecule has 1 N–H and O–H groups in total. The summed E-state index contributed by atoms with van der Waals surface area (Å²) in [5.74, 6) is -1.73. The number of hydrogen-bond acceptors (Lipinski definition) is 4. The predicted molar refractivity (Wildman–Crippen MR) is 97.2 cm³/mol. The number of furan rings is 1. The second-order valence-electron chi connectivity index (χ2n) is 6.06. The van der Waals surface area contributed by atoms with E-state index >= 15 is 0 Å². The van der Waals surface area contributed by atoms with Crippen molar-refractivity contribution in [3.63, 3.8) is 0 Å². The van der Waals surface area contributed by atoms with Crippen LogP contribution in [-0.4, -0.2) is 18.0 Å². The molecule has 1 atom stereocenters. The Bertz CT molecular complexity index is 965. The first kappa shape index (κ1) is 19.3. The number of carbonyl (C=O) groups excluding carboxylic acids is 2. The molecule has 144 valence electrons. The summed E-state index contributed by atoms with van der Waals surface area (Å²) in [5.41, 5.74) is 1.31. The highest BCUT2D eigenvalue weighted by molar-refractivity contribution is 5.90. The van der Waals surface area contributed by atoms with Crippen LogP contribution in [-0.2, 0) is 16.1 Å². The number of esters is 1. The first-order chi connectivity index (χ1) is 13.4. The molecule has 0 saturated carbocycles. The zero-order valence-corrected chi connectivity index (χ0v) is 14.9. The minimum absolute atomic E-state index is 0.0718. The smallest absolute Gasteiger partial charge is 0.375 e. The number of ether oxygens (including phenoxy) is 1. The van der Waals surface area contributed by atoms with E-state index in [1.165, 1.54) is 49.4 Å². The standard InChI is InChI=1S/C21H17F2NO4/c1-13(20(25)24-12-14-2-6-16(22)7-3-14)27-21(26)19-11-10-18(28-19)15-4-8-17(23)9-5-15/h2-11,13H,12H2,1H3,(H,24,25)/t13-/m1/s1. The Kier molecular flexibility index (Phi) is 5.84. The molecule has 1 amide bonds. The van der Waals surface area contributed by atoms with E-state index in [1.807, 2.05) is 0 Å². The van der Waals surface area contributed by atoms with E-state index in [4.69, 9.17) is 9.15 Å². The second kappa shape index (κ2) is 8.47. The molecule has 3 aromatic rings. The SMILES string of the molecule is C[C@@H](OC(=O)c1ccc(-c2ccc(F)cc2)o1)C(=O)NCc1ccc(F)cc1. The Morgan fingerprint density at radius 3 is 2.21 bits per heavy atom. The minimum Gasteiger partial charge on any atom is -0.449 e. The average molecular weight is 385 g/mol. The molecule has 0 aliphatic rings. The van der Waals surface area contributed by atoms with Gasteiger partial charge in [0.15, 0.2) is 6.10 Å². The summed E-state index contributed by atoms with van der Waals surface area (Å²) >= 11 is 0. The van der Waals surface area contributed by atoms with Gasteiger partial charge >= 0.3 is 5.97 Å². The molecule has 7 heteroatoms. The van der Waals surface area contributed by atoms with Crippen LogP contribution in [0.5, 0.6) is 0 Å². The maximum Gasteiger partial charge on any atom is 0.375 e. The van der Waals surface area contributed by atoms with Gasteiger partial charge in [-0.05, 0) is 61.0 Å². The number of amides is 1. The summed E-state index contributed by atoms with van der Waals surface area (Å²) in [7, 11) is 0. The molecule has 1 heterocycles. The van der Waals surface area contributed by atoms with Crippen molar-refractivity contribution in [2.45, 2.75) is 19.6 Å². The van der Waals surface area contributed by atoms with Gasteiger partial charge in [-0.25, -0.2) is 13.6 Å². The van der Waals surface area contributed by atoms with Crippen LogP contribution in [0.1, 0.15) is 23.0 Å². The largest absolute Gasteiger partial charge is 0.449 e. The first-order valence-corrected chi connectivity index (χ1v) is 8.51. The summed E-state index contributed by atoms with van der Waals surface area (Å²) in [4.78, 5) is 24.3. The lowest BCUT2D eigenvalue weighted by molar-refractivity contribution is -0.129. The quantitative estimate of drug-likeness (QED) is 0.649. The summed E-state index contributed by atoms with van der Waals surface area (Å²) in [6.07, 6.45) is -1.05. The van der Waals surface area contributed by atoms with E-state index in [2.05, 4.69) is 5.32 Å². The van der Waals surface area contributed by atoms with E-state index in [0.29, 0.717) is 16.9 Å². The Balaban J connectivity index is 1.55. The third kappa shape index (κ3) is 4.82. The van der Waals surface area contributed by atoms with Crippen LogP contribution in [0.3, 0.4) is 0 Å². The molecule has 0 spiro atoms. The maximum atomic E-state index is 13.0. The van der Waals surface area contributed by atoms with Gasteiger partial charge < -0.3 is 14.5 Å². The van der Waals surface area contributed by atoms with Gasteiger partial charge in [0.25, 0.3) is 5.91 Å². The fourth-order valence-corrected chi connectivity index (χ4v) is 2.42. The second-order valence-corrected chi connectivity index (χ2v) is 6.06. The van der Waals surface area contributed by atoms with Crippen molar-refractivity contribution in [2.75, 3.05) is 0 Å². The van der Waals surface area contributed by atoms with Crippen LogP contribution < -0.4 is 5.32 Å². The highest BCUT2D eigenvalue weighted by Gasteiger charge is 2.21. The van der Waals surface area contributed by atoms with Crippen LogP contribution in [0.2, 0.25) is 0 Å². The Morgan fingerprint density at radius 1 is 0.964 bits per heavy atom. The van der Waals surface area contributed by atoms with E-state index < -0.39 is 18.0 Å². The third-order valence-electron chi connectivity index (χ3n) is 3.97. The number of halogens is 2. The van der Waals surface area contributed by atoms with Crippen molar-refractivity contribution in [2.24, 2.45) is 0 Å².